The highest BCUT2D eigenvalue weighted by Gasteiger charge is 2.21. The number of aromatic nitrogens is 1. The Hall–Kier alpha value is -1.88. The van der Waals surface area contributed by atoms with Gasteiger partial charge in [-0.15, -0.1) is 0 Å². The van der Waals surface area contributed by atoms with Crippen LogP contribution in [0.25, 0.3) is 0 Å². The summed E-state index contributed by atoms with van der Waals surface area (Å²) in [6.45, 7) is 3.93. The number of hydrogen-bond acceptors (Lipinski definition) is 3. The first-order valence-electron chi connectivity index (χ1n) is 7.90. The highest BCUT2D eigenvalue weighted by Crippen LogP contribution is 2.21. The molecule has 1 amide bonds. The van der Waals surface area contributed by atoms with Crippen molar-refractivity contribution < 1.29 is 4.79 Å². The molecule has 3 rings (SSSR count). The van der Waals surface area contributed by atoms with Crippen LogP contribution in [0.3, 0.4) is 0 Å². The van der Waals surface area contributed by atoms with Crippen LogP contribution < -0.4 is 5.32 Å². The molecule has 1 aromatic heterocycles. The molecule has 0 aliphatic carbocycles. The summed E-state index contributed by atoms with van der Waals surface area (Å²) >= 11 is 3.45. The topological polar surface area (TPSA) is 45.2 Å². The molecule has 4 nitrogen and oxygen atoms in total. The largest absolute Gasteiger partial charge is 0.340 e. The molecule has 1 aliphatic rings. The Morgan fingerprint density at radius 1 is 1.26 bits per heavy atom. The zero-order chi connectivity index (χ0) is 16.2. The molecule has 2 aromatic rings. The van der Waals surface area contributed by atoms with E-state index >= 15 is 0 Å². The first-order chi connectivity index (χ1) is 11.1. The van der Waals surface area contributed by atoms with Gasteiger partial charge in [0, 0.05) is 35.0 Å². The summed E-state index contributed by atoms with van der Waals surface area (Å²) < 4.78 is 0.997. The van der Waals surface area contributed by atoms with E-state index in [0.717, 1.165) is 36.1 Å². The normalized spacial score (nSPS) is 15.5. The van der Waals surface area contributed by atoms with Gasteiger partial charge in [0.15, 0.2) is 0 Å². The van der Waals surface area contributed by atoms with Crippen LogP contribution in [0.15, 0.2) is 47.1 Å². The number of halogens is 1. The van der Waals surface area contributed by atoms with Crippen LogP contribution in [0, 0.1) is 5.92 Å². The molecular weight excluding hydrogens is 354 g/mol. The van der Waals surface area contributed by atoms with Gasteiger partial charge in [0.2, 0.25) is 0 Å². The van der Waals surface area contributed by atoms with Crippen LogP contribution in [0.2, 0.25) is 0 Å². The van der Waals surface area contributed by atoms with Crippen LogP contribution in [0.1, 0.15) is 30.1 Å². The fourth-order valence-corrected chi connectivity index (χ4v) is 3.14. The molecule has 5 heteroatoms. The molecule has 120 valence electrons. The van der Waals surface area contributed by atoms with Gasteiger partial charge in [-0.1, -0.05) is 28.9 Å². The molecule has 0 saturated carbocycles. The van der Waals surface area contributed by atoms with Crippen molar-refractivity contribution in [3.8, 4) is 0 Å². The molecule has 1 aliphatic heterocycles. The first-order valence-corrected chi connectivity index (χ1v) is 8.69. The fourth-order valence-electron chi connectivity index (χ4n) is 2.74. The van der Waals surface area contributed by atoms with Crippen molar-refractivity contribution in [2.24, 2.45) is 5.92 Å². The van der Waals surface area contributed by atoms with E-state index in [-0.39, 0.29) is 5.91 Å². The summed E-state index contributed by atoms with van der Waals surface area (Å²) in [4.78, 5) is 18.9. The Morgan fingerprint density at radius 2 is 2.04 bits per heavy atom. The maximum absolute atomic E-state index is 12.6. The van der Waals surface area contributed by atoms with E-state index in [1.807, 2.05) is 35.2 Å². The van der Waals surface area contributed by atoms with Gasteiger partial charge in [-0.3, -0.25) is 4.79 Å². The molecule has 23 heavy (non-hydrogen) atoms. The quantitative estimate of drug-likeness (QED) is 0.863. The van der Waals surface area contributed by atoms with E-state index < -0.39 is 0 Å². The predicted molar refractivity (Wildman–Crippen MR) is 96.0 cm³/mol. The number of piperidine rings is 1. The number of carbonyl (C=O) groups excluding carboxylic acids is 1. The number of rotatable bonds is 3. The maximum atomic E-state index is 12.6. The molecule has 1 N–H and O–H groups in total. The Morgan fingerprint density at radius 3 is 2.78 bits per heavy atom. The molecule has 2 heterocycles. The van der Waals surface area contributed by atoms with Crippen molar-refractivity contribution in [1.82, 2.24) is 9.88 Å². The first kappa shape index (κ1) is 16.0. The van der Waals surface area contributed by atoms with Crippen molar-refractivity contribution in [1.29, 1.82) is 0 Å². The van der Waals surface area contributed by atoms with Crippen molar-refractivity contribution in [2.75, 3.05) is 18.4 Å². The van der Waals surface area contributed by atoms with E-state index in [1.54, 1.807) is 12.3 Å². The molecule has 0 unspecified atom stereocenters. The average Bonchev–Trinajstić information content (AvgIpc) is 2.55. The molecule has 0 spiro atoms. The molecule has 1 saturated heterocycles. The van der Waals surface area contributed by atoms with E-state index in [4.69, 9.17) is 0 Å². The smallest absolute Gasteiger partial charge is 0.254 e. The van der Waals surface area contributed by atoms with Gasteiger partial charge in [0.05, 0.1) is 0 Å². The van der Waals surface area contributed by atoms with Crippen molar-refractivity contribution in [2.45, 2.75) is 19.8 Å². The number of nitrogens with one attached hydrogen (secondary N) is 1. The lowest BCUT2D eigenvalue weighted by molar-refractivity contribution is 0.0697. The van der Waals surface area contributed by atoms with E-state index in [0.29, 0.717) is 17.3 Å². The number of likely N-dealkylation sites (tertiary alicyclic amines) is 1. The summed E-state index contributed by atoms with van der Waals surface area (Å²) in [7, 11) is 0. The molecule has 0 bridgehead atoms. The number of carbonyl (C=O) groups is 1. The molecule has 1 fully saturated rings. The molecule has 0 radical (unpaired) electrons. The fraction of sp³-hybridized carbons (Fsp3) is 0.333. The van der Waals surface area contributed by atoms with Crippen LogP contribution >= 0.6 is 15.9 Å². The molecule has 0 atom stereocenters. The van der Waals surface area contributed by atoms with Crippen molar-refractivity contribution in [3.63, 3.8) is 0 Å². The summed E-state index contributed by atoms with van der Waals surface area (Å²) in [5, 5.41) is 3.24. The third-order valence-corrected chi connectivity index (χ3v) is 4.67. The number of anilines is 2. The predicted octanol–water partition coefficient (Wildman–Crippen LogP) is 4.46. The van der Waals surface area contributed by atoms with Gasteiger partial charge >= 0.3 is 0 Å². The SMILES string of the molecule is CC1CCN(C(=O)c2ccnc(Nc3cccc(Br)c3)c2)CC1. The number of pyridine rings is 1. The third-order valence-electron chi connectivity index (χ3n) is 4.17. The Balaban J connectivity index is 1.73. The number of hydrogen-bond donors (Lipinski definition) is 1. The standard InChI is InChI=1S/C18H20BrN3O/c1-13-6-9-22(10-7-13)18(23)14-5-8-20-17(11-14)21-16-4-2-3-15(19)12-16/h2-5,8,11-13H,6-7,9-10H2,1H3,(H,20,21). The minimum absolute atomic E-state index is 0.0941. The summed E-state index contributed by atoms with van der Waals surface area (Å²) in [5.41, 5.74) is 1.62. The molecule has 1 aromatic carbocycles. The lowest BCUT2D eigenvalue weighted by Gasteiger charge is -2.30. The zero-order valence-electron chi connectivity index (χ0n) is 13.1. The number of nitrogens with zero attached hydrogens (tertiary/aromatic N) is 2. The minimum Gasteiger partial charge on any atom is -0.340 e. The summed E-state index contributed by atoms with van der Waals surface area (Å²) in [6.07, 6.45) is 3.85. The zero-order valence-corrected chi connectivity index (χ0v) is 14.7. The third kappa shape index (κ3) is 4.10. The second kappa shape index (κ2) is 7.13. The van der Waals surface area contributed by atoms with Gasteiger partial charge in [-0.25, -0.2) is 4.98 Å². The second-order valence-electron chi connectivity index (χ2n) is 6.04. The van der Waals surface area contributed by atoms with Crippen molar-refractivity contribution >= 4 is 33.3 Å². The maximum Gasteiger partial charge on any atom is 0.254 e. The van der Waals surface area contributed by atoms with E-state index in [1.165, 1.54) is 0 Å². The summed E-state index contributed by atoms with van der Waals surface area (Å²) in [5.74, 6) is 1.49. The minimum atomic E-state index is 0.0941. The van der Waals surface area contributed by atoms with Crippen LogP contribution in [0.4, 0.5) is 11.5 Å². The highest BCUT2D eigenvalue weighted by atomic mass is 79.9. The Labute approximate surface area is 145 Å². The summed E-state index contributed by atoms with van der Waals surface area (Å²) in [6, 6.07) is 11.5. The van der Waals surface area contributed by atoms with Crippen LogP contribution in [-0.2, 0) is 0 Å². The van der Waals surface area contributed by atoms with Gasteiger partial charge in [-0.2, -0.15) is 0 Å². The van der Waals surface area contributed by atoms with Gasteiger partial charge < -0.3 is 10.2 Å². The highest BCUT2D eigenvalue weighted by molar-refractivity contribution is 9.10. The van der Waals surface area contributed by atoms with Crippen LogP contribution in [0.5, 0.6) is 0 Å². The second-order valence-corrected chi connectivity index (χ2v) is 6.96. The van der Waals surface area contributed by atoms with Gasteiger partial charge in [0.25, 0.3) is 5.91 Å². The van der Waals surface area contributed by atoms with E-state index in [2.05, 4.69) is 33.2 Å². The van der Waals surface area contributed by atoms with Crippen LogP contribution in [-0.4, -0.2) is 28.9 Å². The molecular formula is C18H20BrN3O. The monoisotopic (exact) mass is 373 g/mol. The Bertz CT molecular complexity index is 696. The van der Waals surface area contributed by atoms with Gasteiger partial charge in [-0.05, 0) is 49.1 Å². The number of amides is 1. The van der Waals surface area contributed by atoms with Gasteiger partial charge in [0.1, 0.15) is 5.82 Å². The van der Waals surface area contributed by atoms with E-state index in [9.17, 15) is 4.79 Å². The number of benzene rings is 1. The Kier molecular flexibility index (Phi) is 4.96. The van der Waals surface area contributed by atoms with Crippen molar-refractivity contribution in [3.05, 3.63) is 52.6 Å². The lowest BCUT2D eigenvalue weighted by atomic mass is 9.99. The lowest BCUT2D eigenvalue weighted by Crippen LogP contribution is -2.37. The average molecular weight is 374 g/mol.